The molecule has 0 heterocycles. The summed E-state index contributed by atoms with van der Waals surface area (Å²) in [6.07, 6.45) is 3.05. The van der Waals surface area contributed by atoms with Crippen LogP contribution < -0.4 is 16.6 Å². The molecule has 0 aliphatic heterocycles. The second kappa shape index (κ2) is 7.19. The number of hydrogen-bond donors (Lipinski definition) is 3. The van der Waals surface area contributed by atoms with Crippen LogP contribution in [0.25, 0.3) is 0 Å². The molecule has 1 rings (SSSR count). The van der Waals surface area contributed by atoms with E-state index in [0.29, 0.717) is 5.56 Å². The molecule has 17 heavy (non-hydrogen) atoms. The van der Waals surface area contributed by atoms with Gasteiger partial charge < -0.3 is 10.7 Å². The molecule has 5 heteroatoms. The number of carbonyl (C=O) groups excluding carboxylic acids is 1. The third kappa shape index (κ3) is 4.28. The van der Waals surface area contributed by atoms with Crippen molar-refractivity contribution in [2.75, 3.05) is 24.0 Å². The molecule has 0 fully saturated rings. The van der Waals surface area contributed by atoms with Crippen LogP contribution in [0.2, 0.25) is 0 Å². The predicted molar refractivity (Wildman–Crippen MR) is 74.3 cm³/mol. The van der Waals surface area contributed by atoms with Crippen molar-refractivity contribution in [3.63, 3.8) is 0 Å². The second-order valence-electron chi connectivity index (χ2n) is 3.78. The number of nitrogens with two attached hydrogens (primary N) is 1. The van der Waals surface area contributed by atoms with Gasteiger partial charge in [-0.1, -0.05) is 0 Å². The second-order valence-corrected chi connectivity index (χ2v) is 4.76. The zero-order valence-electron chi connectivity index (χ0n) is 10.2. The van der Waals surface area contributed by atoms with E-state index in [4.69, 9.17) is 5.84 Å². The molecular weight excluding hydrogens is 234 g/mol. The molecule has 4 nitrogen and oxygen atoms in total. The van der Waals surface area contributed by atoms with E-state index in [1.165, 1.54) is 0 Å². The van der Waals surface area contributed by atoms with Crippen LogP contribution in [0, 0.1) is 6.92 Å². The third-order valence-electron chi connectivity index (χ3n) is 2.45. The summed E-state index contributed by atoms with van der Waals surface area (Å²) in [5, 5.41) is 2.91. The largest absolute Gasteiger partial charge is 0.352 e. The van der Waals surface area contributed by atoms with Gasteiger partial charge in [0.15, 0.2) is 0 Å². The maximum atomic E-state index is 11.9. The van der Waals surface area contributed by atoms with Gasteiger partial charge in [0.05, 0.1) is 0 Å². The molecule has 0 saturated heterocycles. The molecule has 1 aromatic carbocycles. The molecule has 1 amide bonds. The van der Waals surface area contributed by atoms with Gasteiger partial charge in [-0.05, 0) is 49.1 Å². The highest BCUT2D eigenvalue weighted by molar-refractivity contribution is 7.98. The Balaban J connectivity index is 2.57. The number of carbonyl (C=O) groups is 1. The molecule has 4 N–H and O–H groups in total. The molecule has 0 bridgehead atoms. The van der Waals surface area contributed by atoms with Gasteiger partial charge in [-0.15, -0.1) is 0 Å². The molecule has 0 spiro atoms. The Morgan fingerprint density at radius 1 is 1.47 bits per heavy atom. The summed E-state index contributed by atoms with van der Waals surface area (Å²) in [5.74, 6) is 6.35. The highest BCUT2D eigenvalue weighted by atomic mass is 32.2. The van der Waals surface area contributed by atoms with Gasteiger partial charge in [0, 0.05) is 17.8 Å². The molecular formula is C12H19N3OS. The smallest absolute Gasteiger partial charge is 0.251 e. The summed E-state index contributed by atoms with van der Waals surface area (Å²) < 4.78 is 0. The number of thioether (sulfide) groups is 1. The minimum Gasteiger partial charge on any atom is -0.352 e. The topological polar surface area (TPSA) is 67.2 Å². The minimum atomic E-state index is -0.0211. The number of amides is 1. The SMILES string of the molecule is CSCCCNC(=O)c1ccc(NN)cc1C. The fourth-order valence-electron chi connectivity index (χ4n) is 1.52. The number of hydrazine groups is 1. The number of rotatable bonds is 6. The van der Waals surface area contributed by atoms with Gasteiger partial charge in [-0.2, -0.15) is 11.8 Å². The van der Waals surface area contributed by atoms with E-state index in [9.17, 15) is 4.79 Å². The van der Waals surface area contributed by atoms with Crippen LogP contribution in [-0.4, -0.2) is 24.5 Å². The van der Waals surface area contributed by atoms with Crippen molar-refractivity contribution in [1.82, 2.24) is 5.32 Å². The van der Waals surface area contributed by atoms with Gasteiger partial charge in [-0.25, -0.2) is 0 Å². The first-order chi connectivity index (χ1) is 8.19. The summed E-state index contributed by atoms with van der Waals surface area (Å²) in [4.78, 5) is 11.9. The van der Waals surface area contributed by atoms with Crippen LogP contribution in [0.15, 0.2) is 18.2 Å². The number of hydrogen-bond acceptors (Lipinski definition) is 4. The number of nitrogen functional groups attached to an aromatic ring is 1. The molecule has 1 aromatic rings. The molecule has 0 aliphatic carbocycles. The van der Waals surface area contributed by atoms with Gasteiger partial charge in [0.2, 0.25) is 0 Å². The number of anilines is 1. The van der Waals surface area contributed by atoms with E-state index in [0.717, 1.165) is 30.0 Å². The van der Waals surface area contributed by atoms with Gasteiger partial charge >= 0.3 is 0 Å². The van der Waals surface area contributed by atoms with E-state index in [1.54, 1.807) is 23.9 Å². The first-order valence-corrected chi connectivity index (χ1v) is 6.93. The molecule has 0 atom stereocenters. The third-order valence-corrected chi connectivity index (χ3v) is 3.15. The molecule has 0 saturated carbocycles. The molecule has 0 unspecified atom stereocenters. The summed E-state index contributed by atoms with van der Waals surface area (Å²) >= 11 is 1.78. The van der Waals surface area contributed by atoms with Gasteiger partial charge in [-0.3, -0.25) is 10.6 Å². The molecule has 0 aromatic heterocycles. The standard InChI is InChI=1S/C12H19N3OS/c1-9-8-10(15-13)4-5-11(9)12(16)14-6-3-7-17-2/h4-5,8,15H,3,6-7,13H2,1-2H3,(H,14,16). The van der Waals surface area contributed by atoms with E-state index in [-0.39, 0.29) is 5.91 Å². The number of aryl methyl sites for hydroxylation is 1. The van der Waals surface area contributed by atoms with Crippen LogP contribution in [0.3, 0.4) is 0 Å². The Hall–Kier alpha value is -1.20. The molecule has 94 valence electrons. The Labute approximate surface area is 106 Å². The monoisotopic (exact) mass is 253 g/mol. The van der Waals surface area contributed by atoms with Crippen molar-refractivity contribution < 1.29 is 4.79 Å². The van der Waals surface area contributed by atoms with Gasteiger partial charge in [0.1, 0.15) is 0 Å². The van der Waals surface area contributed by atoms with E-state index < -0.39 is 0 Å². The van der Waals surface area contributed by atoms with Crippen molar-refractivity contribution >= 4 is 23.4 Å². The highest BCUT2D eigenvalue weighted by Gasteiger charge is 2.08. The Kier molecular flexibility index (Phi) is 5.86. The van der Waals surface area contributed by atoms with Crippen LogP contribution in [-0.2, 0) is 0 Å². The zero-order valence-corrected chi connectivity index (χ0v) is 11.1. The van der Waals surface area contributed by atoms with Crippen molar-refractivity contribution in [2.24, 2.45) is 5.84 Å². The van der Waals surface area contributed by atoms with Crippen molar-refractivity contribution in [3.05, 3.63) is 29.3 Å². The fourth-order valence-corrected chi connectivity index (χ4v) is 1.95. The first kappa shape index (κ1) is 13.9. The molecule has 0 radical (unpaired) electrons. The van der Waals surface area contributed by atoms with Crippen LogP contribution >= 0.6 is 11.8 Å². The van der Waals surface area contributed by atoms with Gasteiger partial charge in [0.25, 0.3) is 5.91 Å². The van der Waals surface area contributed by atoms with Crippen molar-refractivity contribution in [2.45, 2.75) is 13.3 Å². The number of benzene rings is 1. The normalized spacial score (nSPS) is 10.1. The average molecular weight is 253 g/mol. The summed E-state index contributed by atoms with van der Waals surface area (Å²) in [6, 6.07) is 5.44. The average Bonchev–Trinajstić information content (AvgIpc) is 2.34. The Morgan fingerprint density at radius 2 is 2.24 bits per heavy atom. The maximum Gasteiger partial charge on any atom is 0.251 e. The van der Waals surface area contributed by atoms with E-state index in [1.807, 2.05) is 13.0 Å². The lowest BCUT2D eigenvalue weighted by Crippen LogP contribution is -2.25. The lowest BCUT2D eigenvalue weighted by Gasteiger charge is -2.09. The van der Waals surface area contributed by atoms with E-state index in [2.05, 4.69) is 17.0 Å². The summed E-state index contributed by atoms with van der Waals surface area (Å²) in [6.45, 7) is 2.62. The van der Waals surface area contributed by atoms with E-state index >= 15 is 0 Å². The number of nitrogens with one attached hydrogen (secondary N) is 2. The first-order valence-electron chi connectivity index (χ1n) is 5.53. The van der Waals surface area contributed by atoms with Crippen molar-refractivity contribution in [1.29, 1.82) is 0 Å². The van der Waals surface area contributed by atoms with Crippen LogP contribution in [0.1, 0.15) is 22.3 Å². The Morgan fingerprint density at radius 3 is 2.82 bits per heavy atom. The molecule has 0 aliphatic rings. The lowest BCUT2D eigenvalue weighted by atomic mass is 10.1. The highest BCUT2D eigenvalue weighted by Crippen LogP contribution is 2.14. The summed E-state index contributed by atoms with van der Waals surface area (Å²) in [5.41, 5.74) is 4.99. The predicted octanol–water partition coefficient (Wildman–Crippen LogP) is 1.76. The fraction of sp³-hybridized carbons (Fsp3) is 0.417. The zero-order chi connectivity index (χ0) is 12.7. The Bertz CT molecular complexity index is 382. The van der Waals surface area contributed by atoms with Crippen LogP contribution in [0.4, 0.5) is 5.69 Å². The van der Waals surface area contributed by atoms with Crippen LogP contribution in [0.5, 0.6) is 0 Å². The quantitative estimate of drug-likeness (QED) is 0.410. The maximum absolute atomic E-state index is 11.9. The van der Waals surface area contributed by atoms with Crippen molar-refractivity contribution in [3.8, 4) is 0 Å². The summed E-state index contributed by atoms with van der Waals surface area (Å²) in [7, 11) is 0. The minimum absolute atomic E-state index is 0.0211. The lowest BCUT2D eigenvalue weighted by molar-refractivity contribution is 0.0953.